The van der Waals surface area contributed by atoms with Crippen LogP contribution in [0.15, 0.2) is 23.4 Å². The largest absolute Gasteiger partial charge is 0.417 e. The molecule has 2 nitrogen and oxygen atoms in total. The highest BCUT2D eigenvalue weighted by Crippen LogP contribution is 2.29. The van der Waals surface area contributed by atoms with Crippen molar-refractivity contribution in [1.82, 2.24) is 10.3 Å². The van der Waals surface area contributed by atoms with Crippen LogP contribution in [-0.4, -0.2) is 23.3 Å². The molecule has 0 radical (unpaired) electrons. The number of hydrogen-bond donors (Lipinski definition) is 1. The van der Waals surface area contributed by atoms with Gasteiger partial charge >= 0.3 is 6.18 Å². The van der Waals surface area contributed by atoms with E-state index in [0.29, 0.717) is 17.0 Å². The van der Waals surface area contributed by atoms with Crippen molar-refractivity contribution in [3.8, 4) is 0 Å². The van der Waals surface area contributed by atoms with Crippen molar-refractivity contribution < 1.29 is 13.2 Å². The Bertz CT molecular complexity index is 390. The standard InChI is InChI=1S/C14H21F3N2S/c1-4-7-18-12(10(2)3)9-20-13-6-5-11(8-19-13)14(15,16)17/h5-6,8,10,12,18H,4,7,9H2,1-3H3. The fourth-order valence-electron chi connectivity index (χ4n) is 1.63. The minimum atomic E-state index is -4.32. The van der Waals surface area contributed by atoms with Gasteiger partial charge in [0.05, 0.1) is 10.6 Å². The summed E-state index contributed by atoms with van der Waals surface area (Å²) in [7, 11) is 0. The Balaban J connectivity index is 2.55. The van der Waals surface area contributed by atoms with Crippen LogP contribution in [-0.2, 0) is 6.18 Å². The second kappa shape index (κ2) is 7.88. The first kappa shape index (κ1) is 17.3. The Hall–Kier alpha value is -0.750. The van der Waals surface area contributed by atoms with E-state index in [1.807, 2.05) is 0 Å². The Kier molecular flexibility index (Phi) is 6.82. The molecule has 0 aliphatic rings. The second-order valence-electron chi connectivity index (χ2n) is 5.00. The number of alkyl halides is 3. The minimum absolute atomic E-state index is 0.337. The van der Waals surface area contributed by atoms with E-state index in [0.717, 1.165) is 31.0 Å². The van der Waals surface area contributed by atoms with Crippen LogP contribution in [0.1, 0.15) is 32.8 Å². The summed E-state index contributed by atoms with van der Waals surface area (Å²) in [6.45, 7) is 7.32. The van der Waals surface area contributed by atoms with Crippen molar-refractivity contribution in [3.05, 3.63) is 23.9 Å². The number of aromatic nitrogens is 1. The molecule has 0 bridgehead atoms. The van der Waals surface area contributed by atoms with Gasteiger partial charge in [-0.25, -0.2) is 4.98 Å². The van der Waals surface area contributed by atoms with Crippen LogP contribution in [0, 0.1) is 5.92 Å². The summed E-state index contributed by atoms with van der Waals surface area (Å²) in [5, 5.41) is 4.07. The average molecular weight is 306 g/mol. The van der Waals surface area contributed by atoms with E-state index in [4.69, 9.17) is 0 Å². The number of nitrogens with one attached hydrogen (secondary N) is 1. The highest BCUT2D eigenvalue weighted by molar-refractivity contribution is 7.99. The predicted molar refractivity (Wildman–Crippen MR) is 76.9 cm³/mol. The molecule has 114 valence electrons. The molecule has 1 heterocycles. The molecule has 0 spiro atoms. The van der Waals surface area contributed by atoms with Gasteiger partial charge in [-0.3, -0.25) is 0 Å². The summed E-state index contributed by atoms with van der Waals surface area (Å²) in [5.41, 5.74) is -0.702. The van der Waals surface area contributed by atoms with E-state index in [1.165, 1.54) is 17.8 Å². The molecule has 1 atom stereocenters. The molecule has 0 aliphatic carbocycles. The zero-order chi connectivity index (χ0) is 15.2. The molecule has 6 heteroatoms. The maximum atomic E-state index is 12.4. The summed E-state index contributed by atoms with van der Waals surface area (Å²) in [4.78, 5) is 3.87. The topological polar surface area (TPSA) is 24.9 Å². The van der Waals surface area contributed by atoms with E-state index in [-0.39, 0.29) is 0 Å². The first-order valence-corrected chi connectivity index (χ1v) is 7.72. The molecular weight excluding hydrogens is 285 g/mol. The number of nitrogens with zero attached hydrogens (tertiary/aromatic N) is 1. The molecule has 0 aliphatic heterocycles. The minimum Gasteiger partial charge on any atom is -0.313 e. The van der Waals surface area contributed by atoms with E-state index in [2.05, 4.69) is 31.1 Å². The number of rotatable bonds is 7. The monoisotopic (exact) mass is 306 g/mol. The highest BCUT2D eigenvalue weighted by Gasteiger charge is 2.30. The first-order chi connectivity index (χ1) is 9.34. The van der Waals surface area contributed by atoms with Crippen molar-refractivity contribution in [2.24, 2.45) is 5.92 Å². The molecule has 1 aromatic rings. The number of halogens is 3. The summed E-state index contributed by atoms with van der Waals surface area (Å²) >= 11 is 1.49. The van der Waals surface area contributed by atoms with Crippen LogP contribution in [0.5, 0.6) is 0 Å². The number of pyridine rings is 1. The van der Waals surface area contributed by atoms with Gasteiger partial charge in [0.1, 0.15) is 0 Å². The van der Waals surface area contributed by atoms with Gasteiger partial charge in [-0.05, 0) is 31.0 Å². The fraction of sp³-hybridized carbons (Fsp3) is 0.643. The van der Waals surface area contributed by atoms with Crippen LogP contribution in [0.3, 0.4) is 0 Å². The van der Waals surface area contributed by atoms with Crippen LogP contribution in [0.4, 0.5) is 13.2 Å². The van der Waals surface area contributed by atoms with Crippen molar-refractivity contribution in [2.75, 3.05) is 12.3 Å². The molecular formula is C14H21F3N2S. The fourth-order valence-corrected chi connectivity index (χ4v) is 2.77. The zero-order valence-electron chi connectivity index (χ0n) is 12.0. The lowest BCUT2D eigenvalue weighted by Crippen LogP contribution is -2.36. The Labute approximate surface area is 122 Å². The maximum Gasteiger partial charge on any atom is 0.417 e. The van der Waals surface area contributed by atoms with Crippen molar-refractivity contribution in [2.45, 2.75) is 44.4 Å². The van der Waals surface area contributed by atoms with Crippen molar-refractivity contribution >= 4 is 11.8 Å². The van der Waals surface area contributed by atoms with Gasteiger partial charge in [0, 0.05) is 18.0 Å². The third kappa shape index (κ3) is 5.71. The van der Waals surface area contributed by atoms with E-state index < -0.39 is 11.7 Å². The summed E-state index contributed by atoms with van der Waals surface area (Å²) in [5.74, 6) is 1.28. The molecule has 0 fully saturated rings. The summed E-state index contributed by atoms with van der Waals surface area (Å²) in [6.07, 6.45) is -2.36. The lowest BCUT2D eigenvalue weighted by atomic mass is 10.1. The van der Waals surface area contributed by atoms with Gasteiger partial charge < -0.3 is 5.32 Å². The van der Waals surface area contributed by atoms with Gasteiger partial charge in [-0.1, -0.05) is 20.8 Å². The van der Waals surface area contributed by atoms with E-state index in [1.54, 1.807) is 0 Å². The Morgan fingerprint density at radius 3 is 2.45 bits per heavy atom. The van der Waals surface area contributed by atoms with E-state index in [9.17, 15) is 13.2 Å². The molecule has 1 N–H and O–H groups in total. The number of thioether (sulfide) groups is 1. The summed E-state index contributed by atoms with van der Waals surface area (Å²) < 4.78 is 37.3. The second-order valence-corrected chi connectivity index (χ2v) is 6.04. The summed E-state index contributed by atoms with van der Waals surface area (Å²) in [6, 6.07) is 2.85. The van der Waals surface area contributed by atoms with Crippen LogP contribution in [0.25, 0.3) is 0 Å². The predicted octanol–water partition coefficient (Wildman–Crippen LogP) is 4.22. The Morgan fingerprint density at radius 1 is 1.30 bits per heavy atom. The van der Waals surface area contributed by atoms with Crippen LogP contribution >= 0.6 is 11.8 Å². The smallest absolute Gasteiger partial charge is 0.313 e. The highest BCUT2D eigenvalue weighted by atomic mass is 32.2. The van der Waals surface area contributed by atoms with E-state index >= 15 is 0 Å². The van der Waals surface area contributed by atoms with Gasteiger partial charge in [0.15, 0.2) is 0 Å². The zero-order valence-corrected chi connectivity index (χ0v) is 12.8. The lowest BCUT2D eigenvalue weighted by Gasteiger charge is -2.21. The molecule has 1 rings (SSSR count). The molecule has 1 unspecified atom stereocenters. The van der Waals surface area contributed by atoms with Gasteiger partial charge in [-0.15, -0.1) is 11.8 Å². The average Bonchev–Trinajstić information content (AvgIpc) is 2.38. The lowest BCUT2D eigenvalue weighted by molar-refractivity contribution is -0.137. The third-order valence-electron chi connectivity index (χ3n) is 2.94. The SMILES string of the molecule is CCCNC(CSc1ccc(C(F)(F)F)cn1)C(C)C. The molecule has 0 saturated heterocycles. The third-order valence-corrected chi connectivity index (χ3v) is 4.00. The van der Waals surface area contributed by atoms with Gasteiger partial charge in [-0.2, -0.15) is 13.2 Å². The quantitative estimate of drug-likeness (QED) is 0.764. The molecule has 20 heavy (non-hydrogen) atoms. The van der Waals surface area contributed by atoms with Gasteiger partial charge in [0.25, 0.3) is 0 Å². The molecule has 0 saturated carbocycles. The van der Waals surface area contributed by atoms with Crippen molar-refractivity contribution in [3.63, 3.8) is 0 Å². The Morgan fingerprint density at radius 2 is 2.00 bits per heavy atom. The maximum absolute atomic E-state index is 12.4. The van der Waals surface area contributed by atoms with Crippen molar-refractivity contribution in [1.29, 1.82) is 0 Å². The number of hydrogen-bond acceptors (Lipinski definition) is 3. The van der Waals surface area contributed by atoms with Crippen LogP contribution < -0.4 is 5.32 Å². The van der Waals surface area contributed by atoms with Crippen LogP contribution in [0.2, 0.25) is 0 Å². The molecule has 0 aromatic carbocycles. The first-order valence-electron chi connectivity index (χ1n) is 6.74. The molecule has 1 aromatic heterocycles. The molecule has 0 amide bonds. The van der Waals surface area contributed by atoms with Gasteiger partial charge in [0.2, 0.25) is 0 Å². The normalized spacial score (nSPS) is 13.8.